The van der Waals surface area contributed by atoms with Crippen molar-refractivity contribution in [3.8, 4) is 45.8 Å². The number of rotatable bonds is 4. The summed E-state index contributed by atoms with van der Waals surface area (Å²) in [5, 5.41) is 79.0. The van der Waals surface area contributed by atoms with Gasteiger partial charge in [0, 0.05) is 17.7 Å². The minimum Gasteiger partial charge on any atom is -0.508 e. The second-order valence-corrected chi connectivity index (χ2v) is 7.60. The maximum absolute atomic E-state index is 13.2. The van der Waals surface area contributed by atoms with Gasteiger partial charge in [0.2, 0.25) is 17.5 Å². The highest BCUT2D eigenvalue weighted by atomic mass is 16.7. The molecule has 1 aromatic heterocycles. The second-order valence-electron chi connectivity index (χ2n) is 7.60. The molecule has 0 spiro atoms. The Balaban J connectivity index is 1.93. The summed E-state index contributed by atoms with van der Waals surface area (Å²) >= 11 is 0. The van der Waals surface area contributed by atoms with Crippen LogP contribution in [0.1, 0.15) is 6.92 Å². The summed E-state index contributed by atoms with van der Waals surface area (Å²) < 4.78 is 16.5. The van der Waals surface area contributed by atoms with Crippen LogP contribution in [0.25, 0.3) is 22.3 Å². The zero-order chi connectivity index (χ0) is 24.2. The van der Waals surface area contributed by atoms with Gasteiger partial charge in [0.25, 0.3) is 0 Å². The van der Waals surface area contributed by atoms with Crippen LogP contribution in [0, 0.1) is 0 Å². The molecule has 4 rings (SSSR count). The maximum atomic E-state index is 13.2. The van der Waals surface area contributed by atoms with Crippen LogP contribution in [0.4, 0.5) is 0 Å². The largest absolute Gasteiger partial charge is 0.508 e. The first kappa shape index (κ1) is 22.5. The van der Waals surface area contributed by atoms with Crippen LogP contribution in [-0.4, -0.2) is 71.6 Å². The fourth-order valence-electron chi connectivity index (χ4n) is 3.58. The van der Waals surface area contributed by atoms with E-state index < -0.39 is 81.8 Å². The highest BCUT2D eigenvalue weighted by Crippen LogP contribution is 2.43. The molecule has 176 valence electrons. The van der Waals surface area contributed by atoms with Crippen molar-refractivity contribution in [2.24, 2.45) is 0 Å². The molecule has 0 radical (unpaired) electrons. The topological polar surface area (TPSA) is 211 Å². The zero-order valence-electron chi connectivity index (χ0n) is 16.9. The summed E-state index contributed by atoms with van der Waals surface area (Å²) in [6.07, 6.45) is -7.35. The molecule has 1 aliphatic heterocycles. The van der Waals surface area contributed by atoms with E-state index in [0.717, 1.165) is 24.3 Å². The van der Waals surface area contributed by atoms with Crippen molar-refractivity contribution in [2.45, 2.75) is 37.6 Å². The van der Waals surface area contributed by atoms with Gasteiger partial charge in [-0.05, 0) is 19.1 Å². The van der Waals surface area contributed by atoms with Gasteiger partial charge in [-0.25, -0.2) is 0 Å². The van der Waals surface area contributed by atoms with Gasteiger partial charge in [0.15, 0.2) is 23.0 Å². The molecule has 5 unspecified atom stereocenters. The number of hydrogen-bond acceptors (Lipinski definition) is 12. The van der Waals surface area contributed by atoms with Crippen LogP contribution in [0.2, 0.25) is 0 Å². The first-order valence-corrected chi connectivity index (χ1v) is 9.64. The summed E-state index contributed by atoms with van der Waals surface area (Å²) in [7, 11) is 0. The Morgan fingerprint density at radius 3 is 2.15 bits per heavy atom. The van der Waals surface area contributed by atoms with Crippen molar-refractivity contribution in [3.05, 3.63) is 34.5 Å². The number of fused-ring (bicyclic) bond motifs is 1. The molecule has 0 saturated carbocycles. The van der Waals surface area contributed by atoms with Gasteiger partial charge in [-0.1, -0.05) is 0 Å². The van der Waals surface area contributed by atoms with Crippen LogP contribution in [0.5, 0.6) is 34.5 Å². The molecule has 8 N–H and O–H groups in total. The maximum Gasteiger partial charge on any atom is 0.239 e. The zero-order valence-corrected chi connectivity index (χ0v) is 16.9. The monoisotopic (exact) mass is 464 g/mol. The number of hydrogen-bond donors (Lipinski definition) is 8. The van der Waals surface area contributed by atoms with Gasteiger partial charge in [0.05, 0.1) is 6.10 Å². The number of aliphatic hydroxyl groups is 3. The predicted octanol–water partition coefficient (Wildman–Crippen LogP) is 0.194. The summed E-state index contributed by atoms with van der Waals surface area (Å²) in [6.45, 7) is 1.31. The Morgan fingerprint density at radius 1 is 0.939 bits per heavy atom. The van der Waals surface area contributed by atoms with E-state index in [1.807, 2.05) is 0 Å². The average molecular weight is 464 g/mol. The highest BCUT2D eigenvalue weighted by Gasteiger charge is 2.47. The van der Waals surface area contributed by atoms with Crippen LogP contribution >= 0.6 is 0 Å². The van der Waals surface area contributed by atoms with E-state index in [2.05, 4.69) is 0 Å². The molecule has 0 amide bonds. The average Bonchev–Trinajstić information content (AvgIpc) is 3.01. The van der Waals surface area contributed by atoms with Crippen LogP contribution in [0.3, 0.4) is 0 Å². The van der Waals surface area contributed by atoms with Gasteiger partial charge in [-0.2, -0.15) is 0 Å². The lowest BCUT2D eigenvalue weighted by Gasteiger charge is -2.19. The number of aromatic hydroxyl groups is 5. The lowest BCUT2D eigenvalue weighted by Crippen LogP contribution is -2.38. The molecule has 1 aliphatic rings. The molecule has 2 aromatic carbocycles. The second kappa shape index (κ2) is 8.01. The normalized spacial score (nSPS) is 23.6. The molecule has 1 saturated heterocycles. The van der Waals surface area contributed by atoms with Crippen molar-refractivity contribution in [2.75, 3.05) is 0 Å². The van der Waals surface area contributed by atoms with Gasteiger partial charge in [-0.15, -0.1) is 0 Å². The number of benzene rings is 2. The van der Waals surface area contributed by atoms with E-state index in [0.29, 0.717) is 0 Å². The Labute approximate surface area is 184 Å². The van der Waals surface area contributed by atoms with Crippen LogP contribution < -0.4 is 10.2 Å². The van der Waals surface area contributed by atoms with E-state index in [1.165, 1.54) is 6.92 Å². The Bertz CT molecular complexity index is 1260. The van der Waals surface area contributed by atoms with E-state index in [4.69, 9.17) is 13.9 Å². The van der Waals surface area contributed by atoms with E-state index in [-0.39, 0.29) is 11.1 Å². The summed E-state index contributed by atoms with van der Waals surface area (Å²) in [5.74, 6) is -4.54. The van der Waals surface area contributed by atoms with Gasteiger partial charge in [0.1, 0.15) is 40.8 Å². The Kier molecular flexibility index (Phi) is 5.46. The highest BCUT2D eigenvalue weighted by molar-refractivity contribution is 5.88. The molecular formula is C21H20O12. The van der Waals surface area contributed by atoms with Crippen molar-refractivity contribution in [1.82, 2.24) is 0 Å². The van der Waals surface area contributed by atoms with Crippen LogP contribution in [-0.2, 0) is 4.74 Å². The third-order valence-corrected chi connectivity index (χ3v) is 5.22. The lowest BCUT2D eigenvalue weighted by molar-refractivity contribution is -0.129. The summed E-state index contributed by atoms with van der Waals surface area (Å²) in [4.78, 5) is 13.2. The van der Waals surface area contributed by atoms with Crippen molar-refractivity contribution < 1.29 is 54.7 Å². The SMILES string of the molecule is CC(O)C1OC(Oc2c(-c3cc(O)c(O)c(O)c3)oc3cc(O)cc(O)c3c2=O)C(O)C1O. The minimum absolute atomic E-state index is 0.167. The number of ether oxygens (including phenoxy) is 2. The third-order valence-electron chi connectivity index (χ3n) is 5.22. The first-order valence-electron chi connectivity index (χ1n) is 9.64. The minimum atomic E-state index is -1.69. The van der Waals surface area contributed by atoms with Crippen molar-refractivity contribution in [3.63, 3.8) is 0 Å². The summed E-state index contributed by atoms with van der Waals surface area (Å²) in [5.41, 5.74) is -1.44. The fourth-order valence-corrected chi connectivity index (χ4v) is 3.58. The molecule has 0 bridgehead atoms. The van der Waals surface area contributed by atoms with Gasteiger partial charge >= 0.3 is 0 Å². The molecule has 2 heterocycles. The van der Waals surface area contributed by atoms with Gasteiger partial charge < -0.3 is 54.7 Å². The quantitative estimate of drug-likeness (QED) is 0.243. The molecular weight excluding hydrogens is 444 g/mol. The number of phenols is 5. The molecule has 5 atom stereocenters. The molecule has 0 aliphatic carbocycles. The van der Waals surface area contributed by atoms with Crippen LogP contribution in [0.15, 0.2) is 33.5 Å². The molecule has 1 fully saturated rings. The third kappa shape index (κ3) is 3.74. The van der Waals surface area contributed by atoms with E-state index in [1.54, 1.807) is 0 Å². The number of phenolic OH excluding ortho intramolecular Hbond substituents is 5. The molecule has 3 aromatic rings. The Morgan fingerprint density at radius 2 is 1.58 bits per heavy atom. The Hall–Kier alpha value is -3.71. The standard InChI is InChI=1S/C21H20O12/c1-6(22)18-16(29)17(30)21(32-18)33-20-15(28)13-9(24)4-8(23)5-12(13)31-19(20)7-2-10(25)14(27)11(26)3-7/h2-6,16-18,21-27,29-30H,1H3. The van der Waals surface area contributed by atoms with E-state index >= 15 is 0 Å². The van der Waals surface area contributed by atoms with Crippen molar-refractivity contribution >= 4 is 11.0 Å². The van der Waals surface area contributed by atoms with E-state index in [9.17, 15) is 45.6 Å². The molecule has 12 heteroatoms. The smallest absolute Gasteiger partial charge is 0.239 e. The van der Waals surface area contributed by atoms with Crippen molar-refractivity contribution in [1.29, 1.82) is 0 Å². The lowest BCUT2D eigenvalue weighted by atomic mass is 10.1. The van der Waals surface area contributed by atoms with Gasteiger partial charge in [-0.3, -0.25) is 4.79 Å². The first-order chi connectivity index (χ1) is 15.5. The fraction of sp³-hybridized carbons (Fsp3) is 0.286. The molecule has 33 heavy (non-hydrogen) atoms. The summed E-state index contributed by atoms with van der Waals surface area (Å²) in [6, 6.07) is 3.79. The number of aliphatic hydroxyl groups excluding tert-OH is 3. The molecule has 12 nitrogen and oxygen atoms in total. The predicted molar refractivity (Wildman–Crippen MR) is 109 cm³/mol.